The van der Waals surface area contributed by atoms with Crippen LogP contribution in [-0.4, -0.2) is 16.0 Å². The van der Waals surface area contributed by atoms with Gasteiger partial charge < -0.3 is 14.6 Å². The lowest BCUT2D eigenvalue weighted by Gasteiger charge is -2.11. The van der Waals surface area contributed by atoms with E-state index in [2.05, 4.69) is 15.5 Å². The zero-order valence-corrected chi connectivity index (χ0v) is 14.9. The van der Waals surface area contributed by atoms with E-state index in [1.165, 1.54) is 0 Å². The summed E-state index contributed by atoms with van der Waals surface area (Å²) in [6.45, 7) is 0.731. The van der Waals surface area contributed by atoms with Gasteiger partial charge in [0, 0.05) is 11.5 Å². The highest BCUT2D eigenvalue weighted by Gasteiger charge is 2.29. The van der Waals surface area contributed by atoms with Crippen LogP contribution in [0.3, 0.4) is 0 Å². The first-order valence-electron chi connectivity index (χ1n) is 9.12. The van der Waals surface area contributed by atoms with Crippen molar-refractivity contribution in [3.63, 3.8) is 0 Å². The second-order valence-electron chi connectivity index (χ2n) is 6.66. The molecule has 1 heterocycles. The number of nitrogens with one attached hydrogen (secondary N) is 1. The molecule has 0 unspecified atom stereocenters. The second kappa shape index (κ2) is 8.03. The second-order valence-corrected chi connectivity index (χ2v) is 6.66. The normalized spacial score (nSPS) is 13.3. The minimum absolute atomic E-state index is 0.108. The van der Waals surface area contributed by atoms with Crippen molar-refractivity contribution in [3.8, 4) is 5.75 Å². The van der Waals surface area contributed by atoms with E-state index in [0.29, 0.717) is 30.0 Å². The van der Waals surface area contributed by atoms with Crippen molar-refractivity contribution in [2.24, 2.45) is 0 Å². The average molecular weight is 363 g/mol. The molecule has 1 aliphatic carbocycles. The highest BCUT2D eigenvalue weighted by Crippen LogP contribution is 2.38. The molecule has 2 aromatic carbocycles. The van der Waals surface area contributed by atoms with Crippen LogP contribution in [0.4, 0.5) is 0 Å². The Labute approximate surface area is 157 Å². The molecule has 6 nitrogen and oxygen atoms in total. The Morgan fingerprint density at radius 1 is 1.11 bits per heavy atom. The summed E-state index contributed by atoms with van der Waals surface area (Å²) in [6, 6.07) is 17.5. The van der Waals surface area contributed by atoms with Crippen LogP contribution in [0.25, 0.3) is 0 Å². The van der Waals surface area contributed by atoms with Crippen molar-refractivity contribution in [1.29, 1.82) is 0 Å². The molecule has 0 spiro atoms. The van der Waals surface area contributed by atoms with Gasteiger partial charge in [-0.25, -0.2) is 0 Å². The zero-order valence-electron chi connectivity index (χ0n) is 14.9. The van der Waals surface area contributed by atoms with Crippen LogP contribution in [0.15, 0.2) is 59.1 Å². The van der Waals surface area contributed by atoms with Gasteiger partial charge in [-0.05, 0) is 24.5 Å². The molecule has 1 fully saturated rings. The van der Waals surface area contributed by atoms with E-state index in [0.717, 1.165) is 24.0 Å². The van der Waals surface area contributed by atoms with Gasteiger partial charge in [0.2, 0.25) is 11.8 Å². The number of aromatic nitrogens is 2. The van der Waals surface area contributed by atoms with Crippen molar-refractivity contribution in [2.45, 2.75) is 38.3 Å². The van der Waals surface area contributed by atoms with Crippen molar-refractivity contribution < 1.29 is 14.1 Å². The Hall–Kier alpha value is -3.15. The van der Waals surface area contributed by atoms with E-state index in [1.807, 2.05) is 54.6 Å². The monoisotopic (exact) mass is 363 g/mol. The summed E-state index contributed by atoms with van der Waals surface area (Å²) in [7, 11) is 0. The zero-order chi connectivity index (χ0) is 18.5. The maximum atomic E-state index is 12.3. The maximum absolute atomic E-state index is 12.3. The molecule has 1 N–H and O–H groups in total. The van der Waals surface area contributed by atoms with Gasteiger partial charge in [-0.15, -0.1) is 0 Å². The Bertz CT molecular complexity index is 904. The van der Waals surface area contributed by atoms with Gasteiger partial charge in [-0.1, -0.05) is 53.7 Å². The first-order chi connectivity index (χ1) is 13.3. The molecular weight excluding hydrogens is 342 g/mol. The molecule has 0 bridgehead atoms. The third kappa shape index (κ3) is 4.73. The standard InChI is InChI=1S/C21H21N3O3/c25-20(22-13-19-23-21(27-24-19)16-10-11-16)12-17-8-4-5-9-18(17)26-14-15-6-2-1-3-7-15/h1-9,16H,10-14H2,(H,22,25). The number of hydrogen-bond acceptors (Lipinski definition) is 5. The molecule has 0 atom stereocenters. The summed E-state index contributed by atoms with van der Waals surface area (Å²) in [5, 5.41) is 6.75. The summed E-state index contributed by atoms with van der Waals surface area (Å²) in [5.74, 6) is 2.21. The molecule has 1 amide bonds. The lowest BCUT2D eigenvalue weighted by atomic mass is 10.1. The van der Waals surface area contributed by atoms with E-state index in [9.17, 15) is 4.79 Å². The molecule has 1 saturated carbocycles. The Morgan fingerprint density at radius 3 is 2.70 bits per heavy atom. The minimum atomic E-state index is -0.108. The summed E-state index contributed by atoms with van der Waals surface area (Å²) >= 11 is 0. The number of ether oxygens (including phenoxy) is 1. The lowest BCUT2D eigenvalue weighted by Crippen LogP contribution is -2.25. The van der Waals surface area contributed by atoms with Crippen LogP contribution < -0.4 is 10.1 Å². The molecule has 0 saturated heterocycles. The fourth-order valence-electron chi connectivity index (χ4n) is 2.77. The van der Waals surface area contributed by atoms with Crippen molar-refractivity contribution >= 4 is 5.91 Å². The fraction of sp³-hybridized carbons (Fsp3) is 0.286. The SMILES string of the molecule is O=C(Cc1ccccc1OCc1ccccc1)NCc1noc(C2CC2)n1. The number of para-hydroxylation sites is 1. The van der Waals surface area contributed by atoms with Gasteiger partial charge in [0.1, 0.15) is 12.4 Å². The van der Waals surface area contributed by atoms with Crippen LogP contribution in [0.2, 0.25) is 0 Å². The predicted molar refractivity (Wildman–Crippen MR) is 99.0 cm³/mol. The number of hydrogen-bond donors (Lipinski definition) is 1. The molecule has 138 valence electrons. The van der Waals surface area contributed by atoms with Crippen molar-refractivity contribution in [3.05, 3.63) is 77.4 Å². The third-order valence-electron chi connectivity index (χ3n) is 4.41. The molecule has 6 heteroatoms. The first-order valence-corrected chi connectivity index (χ1v) is 9.12. The van der Waals surface area contributed by atoms with Gasteiger partial charge in [0.05, 0.1) is 13.0 Å². The first kappa shape index (κ1) is 17.3. The van der Waals surface area contributed by atoms with Gasteiger partial charge in [0.15, 0.2) is 5.82 Å². The van der Waals surface area contributed by atoms with Crippen molar-refractivity contribution in [1.82, 2.24) is 15.5 Å². The number of carbonyl (C=O) groups is 1. The number of carbonyl (C=O) groups excluding carboxylic acids is 1. The Morgan fingerprint density at radius 2 is 1.89 bits per heavy atom. The Balaban J connectivity index is 1.31. The Kier molecular flexibility index (Phi) is 5.14. The highest BCUT2D eigenvalue weighted by molar-refractivity contribution is 5.79. The number of amides is 1. The molecule has 27 heavy (non-hydrogen) atoms. The third-order valence-corrected chi connectivity index (χ3v) is 4.41. The quantitative estimate of drug-likeness (QED) is 0.664. The van der Waals surface area contributed by atoms with Gasteiger partial charge >= 0.3 is 0 Å². The number of rotatable bonds is 8. The molecular formula is C21H21N3O3. The van der Waals surface area contributed by atoms with E-state index in [-0.39, 0.29) is 18.9 Å². The van der Waals surface area contributed by atoms with E-state index < -0.39 is 0 Å². The van der Waals surface area contributed by atoms with Crippen LogP contribution in [0, 0.1) is 0 Å². The highest BCUT2D eigenvalue weighted by atomic mass is 16.5. The summed E-state index contributed by atoms with van der Waals surface area (Å²) in [4.78, 5) is 16.6. The summed E-state index contributed by atoms with van der Waals surface area (Å²) in [6.07, 6.45) is 2.44. The number of benzene rings is 2. The van der Waals surface area contributed by atoms with E-state index in [1.54, 1.807) is 0 Å². The molecule has 4 rings (SSSR count). The maximum Gasteiger partial charge on any atom is 0.229 e. The van der Waals surface area contributed by atoms with Crippen LogP contribution >= 0.6 is 0 Å². The average Bonchev–Trinajstić information content (AvgIpc) is 3.45. The van der Waals surface area contributed by atoms with Gasteiger partial charge in [0.25, 0.3) is 0 Å². The largest absolute Gasteiger partial charge is 0.489 e. The fourth-order valence-corrected chi connectivity index (χ4v) is 2.77. The van der Waals surface area contributed by atoms with Crippen LogP contribution in [0.5, 0.6) is 5.75 Å². The summed E-state index contributed by atoms with van der Waals surface area (Å²) in [5.41, 5.74) is 1.93. The predicted octanol–water partition coefficient (Wildman–Crippen LogP) is 3.38. The van der Waals surface area contributed by atoms with E-state index in [4.69, 9.17) is 9.26 Å². The van der Waals surface area contributed by atoms with Gasteiger partial charge in [-0.3, -0.25) is 4.79 Å². The number of nitrogens with zero attached hydrogens (tertiary/aromatic N) is 2. The molecule has 0 radical (unpaired) electrons. The molecule has 1 aromatic heterocycles. The molecule has 3 aromatic rings. The molecule has 1 aliphatic rings. The lowest BCUT2D eigenvalue weighted by molar-refractivity contribution is -0.120. The minimum Gasteiger partial charge on any atom is -0.489 e. The smallest absolute Gasteiger partial charge is 0.229 e. The van der Waals surface area contributed by atoms with Crippen LogP contribution in [0.1, 0.15) is 41.6 Å². The van der Waals surface area contributed by atoms with Crippen molar-refractivity contribution in [2.75, 3.05) is 0 Å². The topological polar surface area (TPSA) is 77.2 Å². The van der Waals surface area contributed by atoms with Gasteiger partial charge in [-0.2, -0.15) is 4.98 Å². The molecule has 0 aliphatic heterocycles. The van der Waals surface area contributed by atoms with E-state index >= 15 is 0 Å². The summed E-state index contributed by atoms with van der Waals surface area (Å²) < 4.78 is 11.1. The van der Waals surface area contributed by atoms with Crippen LogP contribution in [-0.2, 0) is 24.4 Å².